The van der Waals surface area contributed by atoms with Gasteiger partial charge >= 0.3 is 0 Å². The zero-order valence-corrected chi connectivity index (χ0v) is 12.4. The van der Waals surface area contributed by atoms with Gasteiger partial charge in [0, 0.05) is 32.5 Å². The number of hydrogen-bond donors (Lipinski definition) is 2. The van der Waals surface area contributed by atoms with Crippen molar-refractivity contribution in [3.8, 4) is 0 Å². The average Bonchev–Trinajstić information content (AvgIpc) is 3.26. The van der Waals surface area contributed by atoms with Crippen LogP contribution in [0.5, 0.6) is 0 Å². The van der Waals surface area contributed by atoms with Crippen molar-refractivity contribution >= 4 is 11.6 Å². The predicted molar refractivity (Wildman–Crippen MR) is 81.2 cm³/mol. The van der Waals surface area contributed by atoms with Crippen molar-refractivity contribution < 1.29 is 9.53 Å². The van der Waals surface area contributed by atoms with E-state index < -0.39 is 0 Å². The fraction of sp³-hybridized carbons (Fsp3) is 0.562. The van der Waals surface area contributed by atoms with Crippen LogP contribution in [0.4, 0.5) is 5.69 Å². The van der Waals surface area contributed by atoms with Gasteiger partial charge < -0.3 is 15.4 Å². The molecule has 4 heteroatoms. The number of benzene rings is 1. The van der Waals surface area contributed by atoms with E-state index in [1.807, 2.05) is 32.2 Å². The van der Waals surface area contributed by atoms with Crippen molar-refractivity contribution in [2.75, 3.05) is 32.1 Å². The number of carbonyl (C=O) groups excluding carboxylic acids is 1. The van der Waals surface area contributed by atoms with E-state index in [1.54, 1.807) is 0 Å². The first-order chi connectivity index (χ1) is 9.70. The standard InChI is InChI=1S/C16H24N2O2/c1-12-4-7-15(17-2)14(10-12)16(19)18-8-3-9-20-11-13-5-6-13/h4,7,10,13,17H,3,5-6,8-9,11H2,1-2H3,(H,18,19). The molecule has 1 fully saturated rings. The first-order valence-corrected chi connectivity index (χ1v) is 7.35. The van der Waals surface area contributed by atoms with E-state index in [0.717, 1.165) is 36.8 Å². The van der Waals surface area contributed by atoms with Crippen molar-refractivity contribution in [3.63, 3.8) is 0 Å². The minimum absolute atomic E-state index is 0.0276. The number of aryl methyl sites for hydroxylation is 1. The van der Waals surface area contributed by atoms with Crippen molar-refractivity contribution in [2.24, 2.45) is 5.92 Å². The molecule has 1 aliphatic carbocycles. The summed E-state index contributed by atoms with van der Waals surface area (Å²) in [6.07, 6.45) is 3.49. The Kier molecular flexibility index (Phi) is 5.41. The third-order valence-corrected chi connectivity index (χ3v) is 3.49. The number of ether oxygens (including phenoxy) is 1. The Hall–Kier alpha value is -1.55. The van der Waals surface area contributed by atoms with Gasteiger partial charge in [0.15, 0.2) is 0 Å². The van der Waals surface area contributed by atoms with Gasteiger partial charge in [0.1, 0.15) is 0 Å². The first kappa shape index (κ1) is 14.9. The molecule has 0 atom stereocenters. The number of amides is 1. The summed E-state index contributed by atoms with van der Waals surface area (Å²) >= 11 is 0. The molecule has 0 bridgehead atoms. The summed E-state index contributed by atoms with van der Waals surface area (Å²) in [5.41, 5.74) is 2.64. The van der Waals surface area contributed by atoms with Crippen LogP contribution in [0.15, 0.2) is 18.2 Å². The van der Waals surface area contributed by atoms with Crippen LogP contribution in [0.2, 0.25) is 0 Å². The van der Waals surface area contributed by atoms with Gasteiger partial charge in [0.25, 0.3) is 5.91 Å². The van der Waals surface area contributed by atoms with Crippen LogP contribution < -0.4 is 10.6 Å². The van der Waals surface area contributed by atoms with Crippen LogP contribution in [0, 0.1) is 12.8 Å². The largest absolute Gasteiger partial charge is 0.387 e. The molecule has 1 saturated carbocycles. The van der Waals surface area contributed by atoms with E-state index in [1.165, 1.54) is 12.8 Å². The summed E-state index contributed by atoms with van der Waals surface area (Å²) in [4.78, 5) is 12.1. The lowest BCUT2D eigenvalue weighted by Gasteiger charge is -2.11. The highest BCUT2D eigenvalue weighted by Crippen LogP contribution is 2.28. The van der Waals surface area contributed by atoms with Crippen LogP contribution >= 0.6 is 0 Å². The summed E-state index contributed by atoms with van der Waals surface area (Å²) in [7, 11) is 1.83. The van der Waals surface area contributed by atoms with E-state index in [9.17, 15) is 4.79 Å². The Morgan fingerprint density at radius 3 is 2.90 bits per heavy atom. The lowest BCUT2D eigenvalue weighted by molar-refractivity contribution is 0.0938. The topological polar surface area (TPSA) is 50.4 Å². The number of hydrogen-bond acceptors (Lipinski definition) is 3. The molecular weight excluding hydrogens is 252 g/mol. The molecule has 1 aliphatic rings. The van der Waals surface area contributed by atoms with E-state index in [4.69, 9.17) is 4.74 Å². The number of anilines is 1. The van der Waals surface area contributed by atoms with Crippen molar-refractivity contribution in [1.29, 1.82) is 0 Å². The van der Waals surface area contributed by atoms with Crippen LogP contribution in [0.1, 0.15) is 35.2 Å². The van der Waals surface area contributed by atoms with Crippen LogP contribution in [0.3, 0.4) is 0 Å². The van der Waals surface area contributed by atoms with Crippen molar-refractivity contribution in [2.45, 2.75) is 26.2 Å². The second kappa shape index (κ2) is 7.29. The van der Waals surface area contributed by atoms with E-state index >= 15 is 0 Å². The highest BCUT2D eigenvalue weighted by Gasteiger charge is 2.20. The summed E-state index contributed by atoms with van der Waals surface area (Å²) in [6.45, 7) is 4.25. The van der Waals surface area contributed by atoms with E-state index in [-0.39, 0.29) is 5.91 Å². The molecule has 1 aromatic carbocycles. The van der Waals surface area contributed by atoms with Gasteiger partial charge in [-0.1, -0.05) is 11.6 Å². The number of rotatable bonds is 8. The van der Waals surface area contributed by atoms with E-state index in [2.05, 4.69) is 10.6 Å². The lowest BCUT2D eigenvalue weighted by atomic mass is 10.1. The summed E-state index contributed by atoms with van der Waals surface area (Å²) in [5, 5.41) is 5.99. The molecule has 0 heterocycles. The molecule has 0 aliphatic heterocycles. The summed E-state index contributed by atoms with van der Waals surface area (Å²) in [5.74, 6) is 0.773. The molecule has 0 aromatic heterocycles. The maximum absolute atomic E-state index is 12.1. The fourth-order valence-corrected chi connectivity index (χ4v) is 2.07. The summed E-state index contributed by atoms with van der Waals surface area (Å²) < 4.78 is 5.55. The first-order valence-electron chi connectivity index (χ1n) is 7.35. The molecule has 4 nitrogen and oxygen atoms in total. The SMILES string of the molecule is CNc1ccc(C)cc1C(=O)NCCCOCC1CC1. The zero-order chi connectivity index (χ0) is 14.4. The second-order valence-electron chi connectivity index (χ2n) is 5.43. The summed E-state index contributed by atoms with van der Waals surface area (Å²) in [6, 6.07) is 5.84. The monoisotopic (exact) mass is 276 g/mol. The van der Waals surface area contributed by atoms with Gasteiger partial charge in [-0.15, -0.1) is 0 Å². The van der Waals surface area contributed by atoms with Gasteiger partial charge in [-0.2, -0.15) is 0 Å². The molecule has 110 valence electrons. The minimum atomic E-state index is -0.0276. The second-order valence-corrected chi connectivity index (χ2v) is 5.43. The molecule has 0 spiro atoms. The van der Waals surface area contributed by atoms with Crippen LogP contribution in [-0.4, -0.2) is 32.7 Å². The van der Waals surface area contributed by atoms with Gasteiger partial charge in [0.05, 0.1) is 5.56 Å². The Morgan fingerprint density at radius 1 is 1.40 bits per heavy atom. The van der Waals surface area contributed by atoms with Crippen molar-refractivity contribution in [1.82, 2.24) is 5.32 Å². The Balaban J connectivity index is 1.71. The number of nitrogens with one attached hydrogen (secondary N) is 2. The smallest absolute Gasteiger partial charge is 0.253 e. The highest BCUT2D eigenvalue weighted by atomic mass is 16.5. The average molecular weight is 276 g/mol. The molecule has 0 unspecified atom stereocenters. The lowest BCUT2D eigenvalue weighted by Crippen LogP contribution is -2.26. The molecule has 2 rings (SSSR count). The van der Waals surface area contributed by atoms with Gasteiger partial charge in [0.2, 0.25) is 0 Å². The predicted octanol–water partition coefficient (Wildman–Crippen LogP) is 2.58. The molecule has 1 amide bonds. The fourth-order valence-electron chi connectivity index (χ4n) is 2.07. The molecular formula is C16H24N2O2. The van der Waals surface area contributed by atoms with Gasteiger partial charge in [-0.25, -0.2) is 0 Å². The Labute approximate surface area is 120 Å². The van der Waals surface area contributed by atoms with Crippen molar-refractivity contribution in [3.05, 3.63) is 29.3 Å². The van der Waals surface area contributed by atoms with Gasteiger partial charge in [-0.05, 0) is 44.2 Å². The zero-order valence-electron chi connectivity index (χ0n) is 12.4. The molecule has 0 radical (unpaired) electrons. The number of carbonyl (C=O) groups is 1. The quantitative estimate of drug-likeness (QED) is 0.718. The molecule has 1 aromatic rings. The van der Waals surface area contributed by atoms with Crippen LogP contribution in [0.25, 0.3) is 0 Å². The normalized spacial score (nSPS) is 14.1. The third kappa shape index (κ3) is 4.53. The maximum atomic E-state index is 12.1. The Bertz CT molecular complexity index is 456. The third-order valence-electron chi connectivity index (χ3n) is 3.49. The molecule has 20 heavy (non-hydrogen) atoms. The maximum Gasteiger partial charge on any atom is 0.253 e. The Morgan fingerprint density at radius 2 is 2.20 bits per heavy atom. The van der Waals surface area contributed by atoms with Crippen LogP contribution in [-0.2, 0) is 4.74 Å². The molecule has 0 saturated heterocycles. The highest BCUT2D eigenvalue weighted by molar-refractivity contribution is 5.99. The molecule has 2 N–H and O–H groups in total. The van der Waals surface area contributed by atoms with E-state index in [0.29, 0.717) is 12.1 Å². The minimum Gasteiger partial charge on any atom is -0.387 e. The van der Waals surface area contributed by atoms with Gasteiger partial charge in [-0.3, -0.25) is 4.79 Å².